The van der Waals surface area contributed by atoms with Crippen molar-refractivity contribution in [3.05, 3.63) is 163 Å². The lowest BCUT2D eigenvalue weighted by Gasteiger charge is -2.34. The summed E-state index contributed by atoms with van der Waals surface area (Å²) in [6.07, 6.45) is 12.1. The van der Waals surface area contributed by atoms with E-state index < -0.39 is 6.10 Å². The molecule has 1 unspecified atom stereocenters. The normalized spacial score (nSPS) is 9.83. The Morgan fingerprint density at radius 1 is 0.707 bits per heavy atom. The van der Waals surface area contributed by atoms with Crippen LogP contribution in [0.3, 0.4) is 0 Å². The highest BCUT2D eigenvalue weighted by molar-refractivity contribution is 5.85. The topological polar surface area (TPSA) is 386 Å². The molecule has 2 aromatic carbocycles. The first kappa shape index (κ1) is 82.5. The number of hydrogen-bond donors (Lipinski definition) is 8. The standard InChI is InChI=1S/C18H19N3O2.C16H26N4O2.C13H17N5O2.C11H4.C6H7N.CH5N3.CH2O3.ClH.H2/c1-13(2)16-12-21(3)18(22)9-17(16)23-15(10-19)11-20-14-7-5-4-6-8-14;1-11(2)12-10-20(7)15(21)8-13(12)22-14(9-17)16(18(3)4)19(5)6;1-7(2)8-6-18(3)11(19)4-9(8)20-10-5-16-13(15)17-12(10)14;1-3-5-7-9-11-10-8-6-4-2;7-6-4-2-1-3-5-6;2-1(3)4;2-1-4-3;;/h4-9,11-13,20H,1-3H3;8,10-11,14,16H,1-7H3;4-7H,1-3H3,(H4,14,15,16,17);1H,2H3;1-5H,7H2;(H5,2,3,4);1,3H;2*1H/b15-11+;;;;;;;;. The van der Waals surface area contributed by atoms with E-state index in [1.54, 1.807) is 46.7 Å². The van der Waals surface area contributed by atoms with Gasteiger partial charge in [0.25, 0.3) is 16.7 Å². The van der Waals surface area contributed by atoms with Crippen LogP contribution >= 0.6 is 12.4 Å². The van der Waals surface area contributed by atoms with Crippen LogP contribution < -0.4 is 64.9 Å². The highest BCUT2D eigenvalue weighted by Gasteiger charge is 2.28. The number of pyridine rings is 3. The van der Waals surface area contributed by atoms with E-state index in [-0.39, 0.29) is 90.1 Å². The number of anilines is 4. The zero-order chi connectivity index (χ0) is 69.2. The second-order valence-corrected chi connectivity index (χ2v) is 19.7. The van der Waals surface area contributed by atoms with Gasteiger partial charge in [-0.05, 0) is 124 Å². The van der Waals surface area contributed by atoms with Crippen molar-refractivity contribution in [2.75, 3.05) is 50.7 Å². The average molecular weight is 1280 g/mol. The number of halogens is 1. The number of rotatable bonds is 15. The third kappa shape index (κ3) is 32.9. The summed E-state index contributed by atoms with van der Waals surface area (Å²) in [6.45, 7) is 13.7. The van der Waals surface area contributed by atoms with Crippen LogP contribution in [0.4, 0.5) is 23.1 Å². The molecule has 0 fully saturated rings. The fourth-order valence-corrected chi connectivity index (χ4v) is 6.96. The zero-order valence-corrected chi connectivity index (χ0v) is 54.8. The Kier molecular flexibility index (Phi) is 40.9. The number of benzene rings is 2. The molecule has 92 heavy (non-hydrogen) atoms. The number of nitriles is 2. The Hall–Kier alpha value is -11.6. The summed E-state index contributed by atoms with van der Waals surface area (Å²) in [4.78, 5) is 58.5. The molecule has 26 heteroatoms. The molecule has 0 amide bonds. The predicted octanol–water partition coefficient (Wildman–Crippen LogP) is 6.91. The zero-order valence-electron chi connectivity index (χ0n) is 54.0. The highest BCUT2D eigenvalue weighted by atomic mass is 35.5. The Bertz CT molecular complexity index is 3910. The molecule has 0 spiro atoms. The summed E-state index contributed by atoms with van der Waals surface area (Å²) in [5.74, 6) is 24.1. The maximum absolute atomic E-state index is 11.9. The van der Waals surface area contributed by atoms with Gasteiger partial charge in [-0.1, -0.05) is 83.9 Å². The Morgan fingerprint density at radius 3 is 1.50 bits per heavy atom. The molecule has 13 N–H and O–H groups in total. The largest absolute Gasteiger partial charge is 0.472 e. The van der Waals surface area contributed by atoms with E-state index in [2.05, 4.69) is 91.0 Å². The fourth-order valence-electron chi connectivity index (χ4n) is 6.96. The molecular weight excluding hydrogens is 1200 g/mol. The monoisotopic (exact) mass is 1280 g/mol. The number of ether oxygens (including phenoxy) is 3. The number of para-hydroxylation sites is 2. The van der Waals surface area contributed by atoms with Gasteiger partial charge in [0.2, 0.25) is 17.8 Å². The SMILES string of the molecule is C#CC#CC#CC#CC#CC.CC(C)c1cn(C)c(=O)cc1O/C(C#N)=C/Nc1ccccc1.CC(C)c1cn(C)c(=O)cc1OC(C#N)C(N(C)C)N(C)C.CC(C)c1cn(C)c(=O)cc1Oc1cnc(N)nc1N.Cl.N=C(N)N.Nc1ccccc1.O=COO.[HH]. The number of terminal acetylenes is 1. The number of nitrogens with two attached hydrogens (primary N) is 5. The Morgan fingerprint density at radius 2 is 1.12 bits per heavy atom. The number of nitrogens with zero attached hydrogens (tertiary/aromatic N) is 9. The number of aromatic nitrogens is 5. The molecule has 6 rings (SSSR count). The second-order valence-electron chi connectivity index (χ2n) is 19.7. The van der Waals surface area contributed by atoms with Gasteiger partial charge in [0.15, 0.2) is 17.5 Å². The number of guanidine groups is 1. The smallest absolute Gasteiger partial charge is 0.330 e. The summed E-state index contributed by atoms with van der Waals surface area (Å²) < 4.78 is 21.8. The predicted molar refractivity (Wildman–Crippen MR) is 366 cm³/mol. The van der Waals surface area contributed by atoms with Crippen molar-refractivity contribution < 1.29 is 30.6 Å². The molecule has 25 nitrogen and oxygen atoms in total. The van der Waals surface area contributed by atoms with Crippen molar-refractivity contribution in [1.29, 1.82) is 15.9 Å². The number of hydrogen-bond acceptors (Lipinski definition) is 20. The number of nitrogen functional groups attached to an aromatic ring is 3. The summed E-state index contributed by atoms with van der Waals surface area (Å²) in [7, 11) is 12.7. The van der Waals surface area contributed by atoms with Crippen LogP contribution in [0.5, 0.6) is 23.0 Å². The minimum absolute atomic E-state index is 0. The first-order valence-corrected chi connectivity index (χ1v) is 27.2. The quantitative estimate of drug-likeness (QED) is 0.00494. The van der Waals surface area contributed by atoms with Gasteiger partial charge in [-0.3, -0.25) is 34.4 Å². The summed E-state index contributed by atoms with van der Waals surface area (Å²) in [6, 6.07) is 27.4. The van der Waals surface area contributed by atoms with Crippen molar-refractivity contribution in [2.24, 2.45) is 32.6 Å². The first-order valence-electron chi connectivity index (χ1n) is 27.2. The molecule has 488 valence electrons. The van der Waals surface area contributed by atoms with Gasteiger partial charge in [0.1, 0.15) is 35.6 Å². The fraction of sp³-hybridized carbons (Fsp3) is 0.288. The van der Waals surface area contributed by atoms with Crippen molar-refractivity contribution in [1.82, 2.24) is 33.5 Å². The van der Waals surface area contributed by atoms with Gasteiger partial charge in [-0.15, -0.1) is 18.8 Å². The van der Waals surface area contributed by atoms with Crippen molar-refractivity contribution >= 4 is 48.0 Å². The van der Waals surface area contributed by atoms with Crippen molar-refractivity contribution in [3.8, 4) is 94.8 Å². The number of aryl methyl sites for hydroxylation is 3. The molecule has 0 saturated carbocycles. The van der Waals surface area contributed by atoms with E-state index in [4.69, 9.17) is 53.3 Å². The summed E-state index contributed by atoms with van der Waals surface area (Å²) in [5, 5.41) is 34.8. The lowest BCUT2D eigenvalue weighted by atomic mass is 10.0. The number of likely N-dealkylation sites (N-methyl/N-ethyl adjacent to an activating group) is 2. The maximum atomic E-state index is 11.9. The van der Waals surface area contributed by atoms with Crippen molar-refractivity contribution in [2.45, 2.75) is 78.5 Å². The van der Waals surface area contributed by atoms with Gasteiger partial charge in [-0.2, -0.15) is 15.5 Å². The van der Waals surface area contributed by atoms with Gasteiger partial charge in [-0.25, -0.2) is 10.2 Å². The van der Waals surface area contributed by atoms with Crippen LogP contribution in [0.1, 0.15) is 84.3 Å². The minimum Gasteiger partial charge on any atom is -0.472 e. The Balaban J connectivity index is -0.00000109. The van der Waals surface area contributed by atoms with Crippen LogP contribution in [0.25, 0.3) is 0 Å². The number of carbonyl (C=O) groups excluding carboxylic acids is 1. The third-order valence-corrected chi connectivity index (χ3v) is 11.1. The molecule has 6 aromatic rings. The molecule has 0 aliphatic carbocycles. The molecule has 0 bridgehead atoms. The second kappa shape index (κ2) is 45.6. The average Bonchev–Trinajstić information content (AvgIpc) is 0.877. The minimum atomic E-state index is -0.699. The molecule has 0 saturated heterocycles. The van der Waals surface area contributed by atoms with Crippen LogP contribution in [0.15, 0.2) is 130 Å². The van der Waals surface area contributed by atoms with E-state index in [9.17, 15) is 24.9 Å². The van der Waals surface area contributed by atoms with Gasteiger partial charge < -0.3 is 66.8 Å². The molecule has 4 heterocycles. The lowest BCUT2D eigenvalue weighted by molar-refractivity contribution is -0.217. The summed E-state index contributed by atoms with van der Waals surface area (Å²) >= 11 is 0. The van der Waals surface area contributed by atoms with Crippen molar-refractivity contribution in [3.63, 3.8) is 0 Å². The van der Waals surface area contributed by atoms with E-state index in [0.29, 0.717) is 17.2 Å². The molecule has 0 radical (unpaired) electrons. The van der Waals surface area contributed by atoms with E-state index in [1.807, 2.05) is 146 Å². The van der Waals surface area contributed by atoms with Crippen LogP contribution in [0.2, 0.25) is 0 Å². The van der Waals surface area contributed by atoms with Gasteiger partial charge in [0.05, 0.1) is 12.4 Å². The van der Waals surface area contributed by atoms with Gasteiger partial charge in [0, 0.05) is 87.4 Å². The van der Waals surface area contributed by atoms with Crippen LogP contribution in [-0.4, -0.2) is 91.6 Å². The Labute approximate surface area is 545 Å². The molecular formula is C66H83ClN16O9. The van der Waals surface area contributed by atoms with E-state index >= 15 is 0 Å². The highest BCUT2D eigenvalue weighted by Crippen LogP contribution is 2.32. The molecule has 0 aliphatic heterocycles. The van der Waals surface area contributed by atoms with Crippen LogP contribution in [0, 0.1) is 87.8 Å². The summed E-state index contributed by atoms with van der Waals surface area (Å²) in [5.41, 5.74) is 29.3. The number of carbonyl (C=O) groups is 1. The number of nitrogens with one attached hydrogen (secondary N) is 2. The molecule has 0 aliphatic rings. The molecule has 1 atom stereocenters. The molecule has 4 aromatic heterocycles. The van der Waals surface area contributed by atoms with Crippen LogP contribution in [-0.2, 0) is 30.8 Å². The van der Waals surface area contributed by atoms with Gasteiger partial charge >= 0.3 is 6.47 Å². The maximum Gasteiger partial charge on any atom is 0.330 e. The first-order chi connectivity index (χ1) is 43.0. The lowest BCUT2D eigenvalue weighted by Crippen LogP contribution is -2.50. The third-order valence-electron chi connectivity index (χ3n) is 11.1. The number of allylic oxidation sites excluding steroid dienone is 1. The van der Waals surface area contributed by atoms with E-state index in [1.165, 1.54) is 44.3 Å². The van der Waals surface area contributed by atoms with E-state index in [0.717, 1.165) is 28.1 Å².